The number of nitrogens with one attached hydrogen (secondary N) is 1. The van der Waals surface area contributed by atoms with Gasteiger partial charge in [-0.3, -0.25) is 0 Å². The van der Waals surface area contributed by atoms with Crippen molar-refractivity contribution < 1.29 is 0 Å². The van der Waals surface area contributed by atoms with Gasteiger partial charge in [-0.1, -0.05) is 26.7 Å². The Balaban J connectivity index is 2.62. The maximum atomic E-state index is 5.84. The maximum absolute atomic E-state index is 5.84. The quantitative estimate of drug-likeness (QED) is 0.599. The van der Waals surface area contributed by atoms with Crippen LogP contribution in [0.4, 0.5) is 5.82 Å². The van der Waals surface area contributed by atoms with E-state index in [1.807, 2.05) is 6.07 Å². The van der Waals surface area contributed by atoms with Gasteiger partial charge in [-0.2, -0.15) is 0 Å². The van der Waals surface area contributed by atoms with Gasteiger partial charge in [-0.25, -0.2) is 9.97 Å². The van der Waals surface area contributed by atoms with Gasteiger partial charge >= 0.3 is 0 Å². The van der Waals surface area contributed by atoms with Crippen molar-refractivity contribution in [2.45, 2.75) is 39.5 Å². The molecule has 0 aliphatic carbocycles. The maximum Gasteiger partial charge on any atom is 0.224 e. The molecular weight excluding hydrogens is 210 g/mol. The summed E-state index contributed by atoms with van der Waals surface area (Å²) in [5.74, 6) is 0.840. The summed E-state index contributed by atoms with van der Waals surface area (Å²) in [6.45, 7) is 5.23. The van der Waals surface area contributed by atoms with Crippen LogP contribution >= 0.6 is 11.6 Å². The molecule has 0 aliphatic heterocycles. The number of aryl methyl sites for hydroxylation is 1. The van der Waals surface area contributed by atoms with Crippen LogP contribution < -0.4 is 5.32 Å². The molecule has 1 rings (SSSR count). The van der Waals surface area contributed by atoms with Crippen LogP contribution in [-0.4, -0.2) is 16.5 Å². The zero-order valence-electron chi connectivity index (χ0n) is 9.39. The normalized spacial score (nSPS) is 10.3. The van der Waals surface area contributed by atoms with Gasteiger partial charge in [0.15, 0.2) is 0 Å². The largest absolute Gasteiger partial charge is 0.370 e. The summed E-state index contributed by atoms with van der Waals surface area (Å²) in [7, 11) is 0. The van der Waals surface area contributed by atoms with E-state index in [0.29, 0.717) is 5.28 Å². The first-order chi connectivity index (χ1) is 7.26. The Labute approximate surface area is 96.3 Å². The van der Waals surface area contributed by atoms with Crippen molar-refractivity contribution >= 4 is 17.4 Å². The van der Waals surface area contributed by atoms with E-state index in [0.717, 1.165) is 37.3 Å². The third kappa shape index (κ3) is 4.47. The summed E-state index contributed by atoms with van der Waals surface area (Å²) >= 11 is 5.84. The summed E-state index contributed by atoms with van der Waals surface area (Å²) in [5.41, 5.74) is 1.01. The standard InChI is InChI=1S/C11H18ClN3/c1-3-5-7-13-10-8-9(6-4-2)14-11(12)15-10/h8H,3-7H2,1-2H3,(H,13,14,15). The van der Waals surface area contributed by atoms with E-state index < -0.39 is 0 Å². The van der Waals surface area contributed by atoms with Gasteiger partial charge < -0.3 is 5.32 Å². The van der Waals surface area contributed by atoms with E-state index in [-0.39, 0.29) is 0 Å². The Morgan fingerprint density at radius 1 is 1.27 bits per heavy atom. The van der Waals surface area contributed by atoms with E-state index in [2.05, 4.69) is 29.1 Å². The molecule has 0 radical (unpaired) electrons. The fourth-order valence-corrected chi connectivity index (χ4v) is 1.53. The number of unbranched alkanes of at least 4 members (excludes halogenated alkanes) is 1. The minimum atomic E-state index is 0.333. The average molecular weight is 228 g/mol. The Kier molecular flexibility index (Phi) is 5.40. The molecule has 0 aromatic carbocycles. The third-order valence-electron chi connectivity index (χ3n) is 2.09. The molecule has 1 N–H and O–H groups in total. The van der Waals surface area contributed by atoms with Crippen LogP contribution in [0.1, 0.15) is 38.8 Å². The monoisotopic (exact) mass is 227 g/mol. The van der Waals surface area contributed by atoms with Crippen molar-refractivity contribution in [3.63, 3.8) is 0 Å². The van der Waals surface area contributed by atoms with Crippen molar-refractivity contribution in [1.29, 1.82) is 0 Å². The zero-order chi connectivity index (χ0) is 11.1. The van der Waals surface area contributed by atoms with Crippen LogP contribution in [0.5, 0.6) is 0 Å². The van der Waals surface area contributed by atoms with Gasteiger partial charge in [-0.15, -0.1) is 0 Å². The van der Waals surface area contributed by atoms with E-state index >= 15 is 0 Å². The summed E-state index contributed by atoms with van der Waals surface area (Å²) in [4.78, 5) is 8.30. The van der Waals surface area contributed by atoms with Crippen LogP contribution in [0.25, 0.3) is 0 Å². The molecule has 0 bridgehead atoms. The lowest BCUT2D eigenvalue weighted by Crippen LogP contribution is -2.05. The first-order valence-electron chi connectivity index (χ1n) is 5.53. The first kappa shape index (κ1) is 12.2. The topological polar surface area (TPSA) is 37.8 Å². The van der Waals surface area contributed by atoms with Gasteiger partial charge in [0.25, 0.3) is 0 Å². The SMILES string of the molecule is CCCCNc1cc(CCC)nc(Cl)n1. The van der Waals surface area contributed by atoms with Crippen molar-refractivity contribution in [3.05, 3.63) is 17.0 Å². The molecule has 0 atom stereocenters. The van der Waals surface area contributed by atoms with E-state index in [1.165, 1.54) is 6.42 Å². The predicted molar refractivity (Wildman–Crippen MR) is 64.4 cm³/mol. The number of hydrogen-bond acceptors (Lipinski definition) is 3. The molecule has 1 aromatic heterocycles. The summed E-state index contributed by atoms with van der Waals surface area (Å²) in [5, 5.41) is 3.58. The predicted octanol–water partition coefficient (Wildman–Crippen LogP) is 3.29. The molecule has 3 nitrogen and oxygen atoms in total. The molecule has 0 saturated heterocycles. The van der Waals surface area contributed by atoms with Crippen LogP contribution in [-0.2, 0) is 6.42 Å². The summed E-state index contributed by atoms with van der Waals surface area (Å²) < 4.78 is 0. The molecule has 0 amide bonds. The highest BCUT2D eigenvalue weighted by atomic mass is 35.5. The minimum Gasteiger partial charge on any atom is -0.370 e. The minimum absolute atomic E-state index is 0.333. The molecule has 0 spiro atoms. The molecule has 0 fully saturated rings. The third-order valence-corrected chi connectivity index (χ3v) is 2.26. The van der Waals surface area contributed by atoms with Gasteiger partial charge in [0.1, 0.15) is 5.82 Å². The van der Waals surface area contributed by atoms with Crippen molar-refractivity contribution in [2.24, 2.45) is 0 Å². The van der Waals surface area contributed by atoms with Gasteiger partial charge in [0, 0.05) is 18.3 Å². The Morgan fingerprint density at radius 2 is 2.07 bits per heavy atom. The number of hydrogen-bond donors (Lipinski definition) is 1. The fraction of sp³-hybridized carbons (Fsp3) is 0.636. The molecule has 4 heteroatoms. The van der Waals surface area contributed by atoms with Crippen LogP contribution in [0.3, 0.4) is 0 Å². The fourth-order valence-electron chi connectivity index (χ4n) is 1.33. The second-order valence-corrected chi connectivity index (χ2v) is 3.88. The number of aromatic nitrogens is 2. The van der Waals surface area contributed by atoms with Gasteiger partial charge in [0.2, 0.25) is 5.28 Å². The van der Waals surface area contributed by atoms with E-state index in [4.69, 9.17) is 11.6 Å². The van der Waals surface area contributed by atoms with Crippen LogP contribution in [0, 0.1) is 0 Å². The second-order valence-electron chi connectivity index (χ2n) is 3.54. The molecule has 0 unspecified atom stereocenters. The van der Waals surface area contributed by atoms with Crippen LogP contribution in [0.2, 0.25) is 5.28 Å². The lowest BCUT2D eigenvalue weighted by Gasteiger charge is -2.06. The number of halogens is 1. The molecule has 84 valence electrons. The number of anilines is 1. The molecular formula is C11H18ClN3. The molecule has 0 aliphatic rings. The summed E-state index contributed by atoms with van der Waals surface area (Å²) in [6.07, 6.45) is 4.34. The second kappa shape index (κ2) is 6.62. The Bertz CT molecular complexity index is 302. The highest BCUT2D eigenvalue weighted by molar-refractivity contribution is 6.28. The lowest BCUT2D eigenvalue weighted by atomic mass is 10.2. The highest BCUT2D eigenvalue weighted by Crippen LogP contribution is 2.12. The Morgan fingerprint density at radius 3 is 2.73 bits per heavy atom. The van der Waals surface area contributed by atoms with E-state index in [9.17, 15) is 0 Å². The molecule has 15 heavy (non-hydrogen) atoms. The van der Waals surface area contributed by atoms with Crippen molar-refractivity contribution in [3.8, 4) is 0 Å². The molecule has 0 saturated carbocycles. The lowest BCUT2D eigenvalue weighted by molar-refractivity contribution is 0.826. The van der Waals surface area contributed by atoms with Crippen molar-refractivity contribution in [1.82, 2.24) is 9.97 Å². The van der Waals surface area contributed by atoms with Crippen LogP contribution in [0.15, 0.2) is 6.07 Å². The Hall–Kier alpha value is -0.830. The van der Waals surface area contributed by atoms with Gasteiger partial charge in [-0.05, 0) is 24.4 Å². The highest BCUT2D eigenvalue weighted by Gasteiger charge is 2.01. The smallest absolute Gasteiger partial charge is 0.224 e. The van der Waals surface area contributed by atoms with Crippen molar-refractivity contribution in [2.75, 3.05) is 11.9 Å². The summed E-state index contributed by atoms with van der Waals surface area (Å²) in [6, 6.07) is 1.98. The molecule has 1 aromatic rings. The first-order valence-corrected chi connectivity index (χ1v) is 5.91. The van der Waals surface area contributed by atoms with Gasteiger partial charge in [0.05, 0.1) is 0 Å². The molecule has 1 heterocycles. The average Bonchev–Trinajstić information content (AvgIpc) is 2.18. The van der Waals surface area contributed by atoms with E-state index in [1.54, 1.807) is 0 Å². The zero-order valence-corrected chi connectivity index (χ0v) is 10.1. The number of nitrogens with zero attached hydrogens (tertiary/aromatic N) is 2. The number of rotatable bonds is 6.